The second-order valence-electron chi connectivity index (χ2n) is 4.90. The Balaban J connectivity index is 2.46. The predicted molar refractivity (Wildman–Crippen MR) is 74.4 cm³/mol. The molecule has 0 saturated heterocycles. The van der Waals surface area contributed by atoms with Gasteiger partial charge in [0.2, 0.25) is 0 Å². The van der Waals surface area contributed by atoms with Crippen LogP contribution in [0.2, 0.25) is 0 Å². The van der Waals surface area contributed by atoms with E-state index in [0.717, 1.165) is 11.3 Å². The van der Waals surface area contributed by atoms with Gasteiger partial charge >= 0.3 is 0 Å². The molecule has 20 heavy (non-hydrogen) atoms. The molecule has 6 nitrogen and oxygen atoms in total. The molecule has 0 unspecified atom stereocenters. The van der Waals surface area contributed by atoms with Crippen molar-refractivity contribution in [2.24, 2.45) is 0 Å². The third-order valence-corrected chi connectivity index (χ3v) is 3.29. The maximum absolute atomic E-state index is 12.6. The van der Waals surface area contributed by atoms with Crippen LogP contribution >= 0.6 is 0 Å². The Morgan fingerprint density at radius 2 is 2.25 bits per heavy atom. The number of H-pyrrole nitrogens is 2. The molecule has 6 heteroatoms. The van der Waals surface area contributed by atoms with Gasteiger partial charge in [-0.2, -0.15) is 14.9 Å². The average Bonchev–Trinajstić information content (AvgIpc) is 3.07. The summed E-state index contributed by atoms with van der Waals surface area (Å²) >= 11 is 0. The monoisotopic (exact) mass is 267 g/mol. The van der Waals surface area contributed by atoms with Crippen LogP contribution in [0.1, 0.15) is 30.9 Å². The SMILES string of the molecule is CC(C)c1c(-c2cc[nH]c2)[nH]c2c(C#N)cnn2c1=O. The molecule has 3 heterocycles. The van der Waals surface area contributed by atoms with Crippen molar-refractivity contribution in [3.63, 3.8) is 0 Å². The molecule has 3 rings (SSSR count). The van der Waals surface area contributed by atoms with E-state index >= 15 is 0 Å². The van der Waals surface area contributed by atoms with Gasteiger partial charge < -0.3 is 9.97 Å². The fourth-order valence-corrected chi connectivity index (χ4v) is 2.35. The van der Waals surface area contributed by atoms with Crippen molar-refractivity contribution in [2.75, 3.05) is 0 Å². The number of fused-ring (bicyclic) bond motifs is 1. The molecule has 0 bridgehead atoms. The maximum Gasteiger partial charge on any atom is 0.278 e. The first kappa shape index (κ1) is 12.2. The van der Waals surface area contributed by atoms with Crippen LogP contribution in [0.15, 0.2) is 29.5 Å². The molecule has 0 spiro atoms. The standard InChI is InChI=1S/C14H13N5O/c1-8(2)11-12(9-3-4-16-6-9)18-13-10(5-15)7-17-19(13)14(11)20/h3-4,6-8,16,18H,1-2H3. The summed E-state index contributed by atoms with van der Waals surface area (Å²) in [5, 5.41) is 13.1. The van der Waals surface area contributed by atoms with Crippen LogP contribution in [0.3, 0.4) is 0 Å². The lowest BCUT2D eigenvalue weighted by Gasteiger charge is -2.11. The van der Waals surface area contributed by atoms with Gasteiger partial charge in [-0.05, 0) is 12.0 Å². The van der Waals surface area contributed by atoms with E-state index in [1.54, 1.807) is 6.20 Å². The highest BCUT2D eigenvalue weighted by atomic mass is 16.1. The van der Waals surface area contributed by atoms with E-state index in [-0.39, 0.29) is 11.5 Å². The molecule has 0 saturated carbocycles. The third kappa shape index (κ3) is 1.64. The molecule has 0 aromatic carbocycles. The zero-order valence-electron chi connectivity index (χ0n) is 11.1. The number of rotatable bonds is 2. The number of nitriles is 1. The first-order chi connectivity index (χ1) is 9.63. The van der Waals surface area contributed by atoms with Crippen LogP contribution in [0.4, 0.5) is 0 Å². The number of aromatic amines is 2. The summed E-state index contributed by atoms with van der Waals surface area (Å²) in [6.07, 6.45) is 5.01. The minimum atomic E-state index is -0.188. The summed E-state index contributed by atoms with van der Waals surface area (Å²) in [4.78, 5) is 18.7. The summed E-state index contributed by atoms with van der Waals surface area (Å²) in [6.45, 7) is 3.92. The summed E-state index contributed by atoms with van der Waals surface area (Å²) in [5.74, 6) is 0.0442. The van der Waals surface area contributed by atoms with Crippen molar-refractivity contribution < 1.29 is 0 Å². The van der Waals surface area contributed by atoms with E-state index < -0.39 is 0 Å². The minimum absolute atomic E-state index is 0.0442. The fraction of sp³-hybridized carbons (Fsp3) is 0.214. The second kappa shape index (κ2) is 4.38. The Morgan fingerprint density at radius 1 is 1.45 bits per heavy atom. The van der Waals surface area contributed by atoms with Gasteiger partial charge in [-0.1, -0.05) is 13.8 Å². The molecule has 3 aromatic rings. The highest BCUT2D eigenvalue weighted by Crippen LogP contribution is 2.25. The molecule has 100 valence electrons. The van der Waals surface area contributed by atoms with Crippen molar-refractivity contribution in [3.05, 3.63) is 46.1 Å². The van der Waals surface area contributed by atoms with Crippen molar-refractivity contribution >= 4 is 5.65 Å². The molecule has 0 fully saturated rings. The minimum Gasteiger partial charge on any atom is -0.367 e. The van der Waals surface area contributed by atoms with Crippen LogP contribution in [-0.2, 0) is 0 Å². The largest absolute Gasteiger partial charge is 0.367 e. The lowest BCUT2D eigenvalue weighted by atomic mass is 10.00. The first-order valence-corrected chi connectivity index (χ1v) is 6.30. The number of aromatic nitrogens is 4. The number of hydrogen-bond acceptors (Lipinski definition) is 3. The summed E-state index contributed by atoms with van der Waals surface area (Å²) in [7, 11) is 0. The van der Waals surface area contributed by atoms with E-state index in [4.69, 9.17) is 5.26 Å². The zero-order chi connectivity index (χ0) is 14.3. The normalized spacial score (nSPS) is 11.1. The lowest BCUT2D eigenvalue weighted by Crippen LogP contribution is -2.22. The smallest absolute Gasteiger partial charge is 0.278 e. The molecule has 0 radical (unpaired) electrons. The van der Waals surface area contributed by atoms with Crippen LogP contribution in [-0.4, -0.2) is 19.6 Å². The summed E-state index contributed by atoms with van der Waals surface area (Å²) in [6, 6.07) is 3.92. The first-order valence-electron chi connectivity index (χ1n) is 6.30. The van der Waals surface area contributed by atoms with Gasteiger partial charge in [-0.15, -0.1) is 0 Å². The Kier molecular flexibility index (Phi) is 2.68. The van der Waals surface area contributed by atoms with Gasteiger partial charge in [-0.3, -0.25) is 4.79 Å². The third-order valence-electron chi connectivity index (χ3n) is 3.29. The molecular formula is C14H13N5O. The fourth-order valence-electron chi connectivity index (χ4n) is 2.35. The second-order valence-corrected chi connectivity index (χ2v) is 4.90. The topological polar surface area (TPSA) is 89.7 Å². The van der Waals surface area contributed by atoms with Crippen molar-refractivity contribution in [1.82, 2.24) is 19.6 Å². The Bertz CT molecular complexity index is 861. The van der Waals surface area contributed by atoms with E-state index in [9.17, 15) is 4.79 Å². The van der Waals surface area contributed by atoms with Crippen molar-refractivity contribution in [2.45, 2.75) is 19.8 Å². The zero-order valence-corrected chi connectivity index (χ0v) is 11.1. The van der Waals surface area contributed by atoms with Crippen LogP contribution in [0, 0.1) is 11.3 Å². The van der Waals surface area contributed by atoms with E-state index in [1.807, 2.05) is 32.2 Å². The number of nitrogens with one attached hydrogen (secondary N) is 2. The van der Waals surface area contributed by atoms with Gasteiger partial charge in [0.05, 0.1) is 11.9 Å². The number of nitrogens with zero attached hydrogens (tertiary/aromatic N) is 3. The highest BCUT2D eigenvalue weighted by Gasteiger charge is 2.19. The lowest BCUT2D eigenvalue weighted by molar-refractivity contribution is 0.797. The van der Waals surface area contributed by atoms with Crippen molar-refractivity contribution in [1.29, 1.82) is 5.26 Å². The van der Waals surface area contributed by atoms with Gasteiger partial charge in [0.15, 0.2) is 5.65 Å². The quantitative estimate of drug-likeness (QED) is 0.744. The molecule has 0 aliphatic carbocycles. The summed E-state index contributed by atoms with van der Waals surface area (Å²) in [5.41, 5.74) is 2.87. The average molecular weight is 267 g/mol. The Morgan fingerprint density at radius 3 is 2.85 bits per heavy atom. The van der Waals surface area contributed by atoms with E-state index in [2.05, 4.69) is 15.1 Å². The van der Waals surface area contributed by atoms with Crippen LogP contribution in [0.25, 0.3) is 16.9 Å². The van der Waals surface area contributed by atoms with Gasteiger partial charge in [0.25, 0.3) is 5.56 Å². The molecule has 0 aliphatic rings. The molecule has 0 aliphatic heterocycles. The van der Waals surface area contributed by atoms with E-state index in [1.165, 1.54) is 10.7 Å². The van der Waals surface area contributed by atoms with E-state index in [0.29, 0.717) is 16.8 Å². The Hall–Kier alpha value is -2.81. The van der Waals surface area contributed by atoms with Gasteiger partial charge in [0, 0.05) is 23.5 Å². The molecule has 3 aromatic heterocycles. The molecular weight excluding hydrogens is 254 g/mol. The van der Waals surface area contributed by atoms with Crippen LogP contribution < -0.4 is 5.56 Å². The Labute approximate surface area is 114 Å². The summed E-state index contributed by atoms with van der Waals surface area (Å²) < 4.78 is 1.25. The van der Waals surface area contributed by atoms with Gasteiger partial charge in [0.1, 0.15) is 11.6 Å². The molecule has 2 N–H and O–H groups in total. The predicted octanol–water partition coefficient (Wildman–Crippen LogP) is 2.01. The molecule has 0 atom stereocenters. The van der Waals surface area contributed by atoms with Crippen molar-refractivity contribution in [3.8, 4) is 17.3 Å². The van der Waals surface area contributed by atoms with Crippen LogP contribution in [0.5, 0.6) is 0 Å². The van der Waals surface area contributed by atoms with Gasteiger partial charge in [-0.25, -0.2) is 0 Å². The maximum atomic E-state index is 12.6. The number of hydrogen-bond donors (Lipinski definition) is 2. The molecule has 0 amide bonds. The highest BCUT2D eigenvalue weighted by molar-refractivity contribution is 5.67.